The summed E-state index contributed by atoms with van der Waals surface area (Å²) >= 11 is 5.59. The van der Waals surface area contributed by atoms with Gasteiger partial charge in [0.2, 0.25) is 0 Å². The number of carbonyl (C=O) groups is 1. The number of carbonyl (C=O) groups excluding carboxylic acids is 1. The van der Waals surface area contributed by atoms with Gasteiger partial charge in [-0.1, -0.05) is 0 Å². The molecule has 1 amide bonds. The van der Waals surface area contributed by atoms with E-state index in [1.54, 1.807) is 18.3 Å². The number of aryl methyl sites for hydroxylation is 1. The van der Waals surface area contributed by atoms with Crippen LogP contribution in [0.15, 0.2) is 18.3 Å². The van der Waals surface area contributed by atoms with E-state index in [-0.39, 0.29) is 11.9 Å². The molecule has 3 nitrogen and oxygen atoms in total. The highest BCUT2D eigenvalue weighted by molar-refractivity contribution is 6.17. The molecule has 0 aliphatic carbocycles. The number of aromatic nitrogens is 1. The van der Waals surface area contributed by atoms with Crippen LogP contribution >= 0.6 is 11.6 Å². The fourth-order valence-corrected chi connectivity index (χ4v) is 1.56. The average molecular weight is 227 g/mol. The van der Waals surface area contributed by atoms with Crippen LogP contribution in [-0.4, -0.2) is 22.8 Å². The third-order valence-electron chi connectivity index (χ3n) is 2.08. The van der Waals surface area contributed by atoms with Crippen LogP contribution in [0.25, 0.3) is 0 Å². The molecular weight excluding hydrogens is 212 g/mol. The molecule has 1 heterocycles. The van der Waals surface area contributed by atoms with E-state index in [0.29, 0.717) is 11.4 Å². The van der Waals surface area contributed by atoms with Gasteiger partial charge in [0.25, 0.3) is 5.91 Å². The minimum atomic E-state index is -0.0712. The number of pyridine rings is 1. The maximum Gasteiger partial charge on any atom is 0.251 e. The molecule has 0 spiro atoms. The van der Waals surface area contributed by atoms with E-state index in [4.69, 9.17) is 11.6 Å². The zero-order valence-corrected chi connectivity index (χ0v) is 9.71. The summed E-state index contributed by atoms with van der Waals surface area (Å²) in [6.45, 7) is 3.80. The Kier molecular flexibility index (Phi) is 4.56. The van der Waals surface area contributed by atoms with Crippen molar-refractivity contribution in [2.24, 2.45) is 0 Å². The maximum atomic E-state index is 11.7. The van der Waals surface area contributed by atoms with Crippen LogP contribution in [0, 0.1) is 6.92 Å². The van der Waals surface area contributed by atoms with E-state index in [1.165, 1.54) is 0 Å². The number of halogens is 1. The first-order valence-electron chi connectivity index (χ1n) is 4.93. The van der Waals surface area contributed by atoms with Gasteiger partial charge in [-0.2, -0.15) is 0 Å². The van der Waals surface area contributed by atoms with E-state index < -0.39 is 0 Å². The number of amides is 1. The van der Waals surface area contributed by atoms with E-state index in [9.17, 15) is 4.79 Å². The highest BCUT2D eigenvalue weighted by Crippen LogP contribution is 2.02. The van der Waals surface area contributed by atoms with Crippen LogP contribution in [0.4, 0.5) is 0 Å². The van der Waals surface area contributed by atoms with Crippen molar-refractivity contribution in [3.05, 3.63) is 29.6 Å². The van der Waals surface area contributed by atoms with Crippen LogP contribution in [0.2, 0.25) is 0 Å². The monoisotopic (exact) mass is 226 g/mol. The second-order valence-corrected chi connectivity index (χ2v) is 3.92. The molecule has 1 atom stereocenters. The van der Waals surface area contributed by atoms with Gasteiger partial charge in [0.05, 0.1) is 0 Å². The van der Waals surface area contributed by atoms with Crippen LogP contribution in [0.5, 0.6) is 0 Å². The van der Waals surface area contributed by atoms with Crippen molar-refractivity contribution < 1.29 is 4.79 Å². The number of rotatable bonds is 4. The largest absolute Gasteiger partial charge is 0.350 e. The molecule has 1 aromatic heterocycles. The van der Waals surface area contributed by atoms with Crippen molar-refractivity contribution in [2.75, 3.05) is 5.88 Å². The van der Waals surface area contributed by atoms with E-state index in [2.05, 4.69) is 10.3 Å². The molecule has 0 fully saturated rings. The Morgan fingerprint density at radius 1 is 1.67 bits per heavy atom. The Bertz CT molecular complexity index is 341. The van der Waals surface area contributed by atoms with Gasteiger partial charge in [0, 0.05) is 29.4 Å². The SMILES string of the molecule is Cc1cc(C(=O)NC(C)CCCl)ccn1. The Balaban J connectivity index is 2.61. The highest BCUT2D eigenvalue weighted by Gasteiger charge is 2.09. The molecule has 4 heteroatoms. The number of alkyl halides is 1. The number of nitrogens with one attached hydrogen (secondary N) is 1. The third kappa shape index (κ3) is 3.88. The van der Waals surface area contributed by atoms with E-state index in [1.807, 2.05) is 13.8 Å². The van der Waals surface area contributed by atoms with Gasteiger partial charge >= 0.3 is 0 Å². The Labute approximate surface area is 94.9 Å². The van der Waals surface area contributed by atoms with Crippen LogP contribution in [-0.2, 0) is 0 Å². The lowest BCUT2D eigenvalue weighted by Gasteiger charge is -2.12. The van der Waals surface area contributed by atoms with Gasteiger partial charge < -0.3 is 5.32 Å². The fraction of sp³-hybridized carbons (Fsp3) is 0.455. The molecule has 0 saturated carbocycles. The van der Waals surface area contributed by atoms with Crippen molar-refractivity contribution in [1.29, 1.82) is 0 Å². The fourth-order valence-electron chi connectivity index (χ4n) is 1.23. The lowest BCUT2D eigenvalue weighted by Crippen LogP contribution is -2.32. The molecule has 0 saturated heterocycles. The summed E-state index contributed by atoms with van der Waals surface area (Å²) in [6, 6.07) is 3.57. The molecule has 1 unspecified atom stereocenters. The topological polar surface area (TPSA) is 42.0 Å². The molecular formula is C11H15ClN2O. The van der Waals surface area contributed by atoms with Crippen LogP contribution in [0.1, 0.15) is 29.4 Å². The highest BCUT2D eigenvalue weighted by atomic mass is 35.5. The zero-order valence-electron chi connectivity index (χ0n) is 8.96. The van der Waals surface area contributed by atoms with Gasteiger partial charge in [0.1, 0.15) is 0 Å². The second-order valence-electron chi connectivity index (χ2n) is 3.54. The van der Waals surface area contributed by atoms with Crippen molar-refractivity contribution in [3.63, 3.8) is 0 Å². The minimum Gasteiger partial charge on any atom is -0.350 e. The van der Waals surface area contributed by atoms with Gasteiger partial charge in [0.15, 0.2) is 0 Å². The third-order valence-corrected chi connectivity index (χ3v) is 2.30. The molecule has 0 aliphatic rings. The van der Waals surface area contributed by atoms with Gasteiger partial charge in [-0.15, -0.1) is 11.6 Å². The predicted octanol–water partition coefficient (Wildman–Crippen LogP) is 2.14. The number of hydrogen-bond acceptors (Lipinski definition) is 2. The molecule has 82 valence electrons. The first-order chi connectivity index (χ1) is 7.13. The maximum absolute atomic E-state index is 11.7. The normalized spacial score (nSPS) is 12.2. The van der Waals surface area contributed by atoms with Crippen molar-refractivity contribution in [1.82, 2.24) is 10.3 Å². The molecule has 0 aromatic carbocycles. The first kappa shape index (κ1) is 12.0. The average Bonchev–Trinajstić information content (AvgIpc) is 2.18. The molecule has 1 rings (SSSR count). The molecule has 15 heavy (non-hydrogen) atoms. The summed E-state index contributed by atoms with van der Waals surface area (Å²) in [5.74, 6) is 0.481. The Morgan fingerprint density at radius 2 is 2.40 bits per heavy atom. The predicted molar refractivity (Wildman–Crippen MR) is 61.2 cm³/mol. The smallest absolute Gasteiger partial charge is 0.251 e. The van der Waals surface area contributed by atoms with Gasteiger partial charge in [-0.25, -0.2) is 0 Å². The number of nitrogens with zero attached hydrogens (tertiary/aromatic N) is 1. The Morgan fingerprint density at radius 3 is 3.00 bits per heavy atom. The summed E-state index contributed by atoms with van der Waals surface area (Å²) in [7, 11) is 0. The molecule has 0 aliphatic heterocycles. The second kappa shape index (κ2) is 5.71. The van der Waals surface area contributed by atoms with Gasteiger partial charge in [-0.05, 0) is 32.4 Å². The summed E-state index contributed by atoms with van der Waals surface area (Å²) < 4.78 is 0. The number of hydrogen-bond donors (Lipinski definition) is 1. The van der Waals surface area contributed by atoms with Crippen molar-refractivity contribution >= 4 is 17.5 Å². The van der Waals surface area contributed by atoms with E-state index >= 15 is 0 Å². The summed E-state index contributed by atoms with van der Waals surface area (Å²) in [5.41, 5.74) is 1.48. The van der Waals surface area contributed by atoms with Crippen LogP contribution in [0.3, 0.4) is 0 Å². The van der Waals surface area contributed by atoms with E-state index in [0.717, 1.165) is 12.1 Å². The standard InChI is InChI=1S/C11H15ClN2O/c1-8(3-5-12)14-11(15)10-4-6-13-9(2)7-10/h4,6-8H,3,5H2,1-2H3,(H,14,15). The molecule has 0 radical (unpaired) electrons. The quantitative estimate of drug-likeness (QED) is 0.800. The first-order valence-corrected chi connectivity index (χ1v) is 5.46. The summed E-state index contributed by atoms with van der Waals surface area (Å²) in [4.78, 5) is 15.7. The van der Waals surface area contributed by atoms with Crippen molar-refractivity contribution in [3.8, 4) is 0 Å². The molecule has 1 aromatic rings. The lowest BCUT2D eigenvalue weighted by atomic mass is 10.2. The molecule has 1 N–H and O–H groups in total. The van der Waals surface area contributed by atoms with Crippen LogP contribution < -0.4 is 5.32 Å². The minimum absolute atomic E-state index is 0.0712. The zero-order chi connectivity index (χ0) is 11.3. The van der Waals surface area contributed by atoms with Crippen molar-refractivity contribution in [2.45, 2.75) is 26.3 Å². The van der Waals surface area contributed by atoms with Gasteiger partial charge in [-0.3, -0.25) is 9.78 Å². The molecule has 0 bridgehead atoms. The lowest BCUT2D eigenvalue weighted by molar-refractivity contribution is 0.0939. The summed E-state index contributed by atoms with van der Waals surface area (Å²) in [6.07, 6.45) is 2.41. The summed E-state index contributed by atoms with van der Waals surface area (Å²) in [5, 5.41) is 2.87. The Hall–Kier alpha value is -1.09.